The zero-order valence-electron chi connectivity index (χ0n) is 9.92. The van der Waals surface area contributed by atoms with Crippen LogP contribution >= 0.6 is 0 Å². The predicted octanol–water partition coefficient (Wildman–Crippen LogP) is 1.42. The minimum atomic E-state index is 0.148. The molecule has 0 aliphatic carbocycles. The molecule has 1 fully saturated rings. The summed E-state index contributed by atoms with van der Waals surface area (Å²) < 4.78 is 0. The van der Waals surface area contributed by atoms with E-state index in [9.17, 15) is 4.79 Å². The van der Waals surface area contributed by atoms with Crippen LogP contribution in [0.4, 0.5) is 0 Å². The summed E-state index contributed by atoms with van der Waals surface area (Å²) in [6.07, 6.45) is 1.52. The molecule has 1 aliphatic rings. The lowest BCUT2D eigenvalue weighted by Crippen LogP contribution is -2.37. The highest BCUT2D eigenvalue weighted by Gasteiger charge is 2.22. The lowest BCUT2D eigenvalue weighted by molar-refractivity contribution is -0.123. The van der Waals surface area contributed by atoms with E-state index in [4.69, 9.17) is 0 Å². The van der Waals surface area contributed by atoms with Crippen molar-refractivity contribution in [1.82, 2.24) is 10.3 Å². The smallest absolute Gasteiger partial charge is 0.138 e. The lowest BCUT2D eigenvalue weighted by atomic mass is 9.91. The van der Waals surface area contributed by atoms with E-state index in [0.717, 1.165) is 30.9 Å². The highest BCUT2D eigenvalue weighted by molar-refractivity contribution is 5.82. The molecule has 1 N–H and O–H groups in total. The summed E-state index contributed by atoms with van der Waals surface area (Å²) in [6.45, 7) is 5.65. The van der Waals surface area contributed by atoms with Gasteiger partial charge in [0.1, 0.15) is 5.78 Å². The molecule has 3 heteroatoms. The van der Waals surface area contributed by atoms with E-state index in [2.05, 4.69) is 22.4 Å². The molecule has 16 heavy (non-hydrogen) atoms. The van der Waals surface area contributed by atoms with Crippen molar-refractivity contribution in [2.24, 2.45) is 5.92 Å². The van der Waals surface area contributed by atoms with Crippen molar-refractivity contribution in [3.05, 3.63) is 29.1 Å². The van der Waals surface area contributed by atoms with Crippen LogP contribution in [0.1, 0.15) is 23.4 Å². The van der Waals surface area contributed by atoms with Gasteiger partial charge in [-0.3, -0.25) is 9.78 Å². The van der Waals surface area contributed by atoms with Gasteiger partial charge in [0, 0.05) is 36.8 Å². The fourth-order valence-corrected chi connectivity index (χ4v) is 2.32. The lowest BCUT2D eigenvalue weighted by Gasteiger charge is -2.21. The molecular weight excluding hydrogens is 200 g/mol. The van der Waals surface area contributed by atoms with E-state index in [1.54, 1.807) is 0 Å². The molecule has 86 valence electrons. The SMILES string of the molecule is Cc1cc(CC2CNCCC2=O)cc(C)n1. The van der Waals surface area contributed by atoms with E-state index in [-0.39, 0.29) is 5.92 Å². The first-order chi connectivity index (χ1) is 7.65. The molecule has 1 unspecified atom stereocenters. The van der Waals surface area contributed by atoms with Crippen molar-refractivity contribution < 1.29 is 4.79 Å². The first kappa shape index (κ1) is 11.3. The molecule has 0 bridgehead atoms. The van der Waals surface area contributed by atoms with Crippen LogP contribution in [0.2, 0.25) is 0 Å². The molecule has 0 aromatic carbocycles. The molecule has 1 saturated heterocycles. The summed E-state index contributed by atoms with van der Waals surface area (Å²) in [5.74, 6) is 0.542. The Morgan fingerprint density at radius 2 is 2.06 bits per heavy atom. The first-order valence-electron chi connectivity index (χ1n) is 5.83. The molecule has 3 nitrogen and oxygen atoms in total. The third-order valence-electron chi connectivity index (χ3n) is 3.02. The Kier molecular flexibility index (Phi) is 3.34. The van der Waals surface area contributed by atoms with Crippen LogP contribution in [-0.4, -0.2) is 23.9 Å². The number of aromatic nitrogens is 1. The summed E-state index contributed by atoms with van der Waals surface area (Å²) in [4.78, 5) is 16.1. The number of carbonyl (C=O) groups excluding carboxylic acids is 1. The summed E-state index contributed by atoms with van der Waals surface area (Å²) >= 11 is 0. The highest BCUT2D eigenvalue weighted by atomic mass is 16.1. The minimum Gasteiger partial charge on any atom is -0.316 e. The standard InChI is InChI=1S/C13H18N2O/c1-9-5-11(6-10(2)15-9)7-12-8-14-4-3-13(12)16/h5-6,12,14H,3-4,7-8H2,1-2H3. The van der Waals surface area contributed by atoms with Gasteiger partial charge in [0.05, 0.1) is 0 Å². The number of ketones is 1. The molecule has 2 rings (SSSR count). The van der Waals surface area contributed by atoms with Gasteiger partial charge in [-0.05, 0) is 38.0 Å². The Bertz CT molecular complexity index is 381. The zero-order chi connectivity index (χ0) is 11.5. The molecule has 1 aromatic heterocycles. The topological polar surface area (TPSA) is 42.0 Å². The van der Waals surface area contributed by atoms with Gasteiger partial charge in [-0.1, -0.05) is 0 Å². The maximum atomic E-state index is 11.7. The summed E-state index contributed by atoms with van der Waals surface area (Å²) in [7, 11) is 0. The number of carbonyl (C=O) groups is 1. The Hall–Kier alpha value is -1.22. The van der Waals surface area contributed by atoms with Gasteiger partial charge in [-0.15, -0.1) is 0 Å². The van der Waals surface area contributed by atoms with Gasteiger partial charge in [0.15, 0.2) is 0 Å². The molecule has 2 heterocycles. The van der Waals surface area contributed by atoms with Crippen LogP contribution < -0.4 is 5.32 Å². The predicted molar refractivity (Wildman–Crippen MR) is 63.4 cm³/mol. The fraction of sp³-hybridized carbons (Fsp3) is 0.538. The van der Waals surface area contributed by atoms with Gasteiger partial charge in [0.2, 0.25) is 0 Å². The van der Waals surface area contributed by atoms with Crippen LogP contribution in [-0.2, 0) is 11.2 Å². The van der Waals surface area contributed by atoms with E-state index < -0.39 is 0 Å². The van der Waals surface area contributed by atoms with Crippen molar-refractivity contribution in [1.29, 1.82) is 0 Å². The van der Waals surface area contributed by atoms with Gasteiger partial charge >= 0.3 is 0 Å². The van der Waals surface area contributed by atoms with Crippen LogP contribution in [0.25, 0.3) is 0 Å². The summed E-state index contributed by atoms with van der Waals surface area (Å²) in [5, 5.41) is 3.28. The van der Waals surface area contributed by atoms with Gasteiger partial charge < -0.3 is 5.32 Å². The van der Waals surface area contributed by atoms with Crippen molar-refractivity contribution in [3.63, 3.8) is 0 Å². The molecule has 1 aromatic rings. The average molecular weight is 218 g/mol. The summed E-state index contributed by atoms with van der Waals surface area (Å²) in [5.41, 5.74) is 3.30. The van der Waals surface area contributed by atoms with Crippen molar-refractivity contribution in [3.8, 4) is 0 Å². The Labute approximate surface area is 96.3 Å². The van der Waals surface area contributed by atoms with Gasteiger partial charge in [0.25, 0.3) is 0 Å². The number of nitrogens with one attached hydrogen (secondary N) is 1. The Balaban J connectivity index is 2.10. The van der Waals surface area contributed by atoms with Crippen molar-refractivity contribution in [2.75, 3.05) is 13.1 Å². The minimum absolute atomic E-state index is 0.148. The van der Waals surface area contributed by atoms with Gasteiger partial charge in [-0.2, -0.15) is 0 Å². The average Bonchev–Trinajstić information content (AvgIpc) is 2.20. The normalized spacial score (nSPS) is 21.1. The fourth-order valence-electron chi connectivity index (χ4n) is 2.32. The number of Topliss-reactive ketones (excluding diaryl/α,β-unsaturated/α-hetero) is 1. The highest BCUT2D eigenvalue weighted by Crippen LogP contribution is 2.15. The second kappa shape index (κ2) is 4.74. The number of rotatable bonds is 2. The number of pyridine rings is 1. The van der Waals surface area contributed by atoms with E-state index in [1.165, 1.54) is 5.56 Å². The first-order valence-corrected chi connectivity index (χ1v) is 5.83. The zero-order valence-corrected chi connectivity index (χ0v) is 9.92. The largest absolute Gasteiger partial charge is 0.316 e. The van der Waals surface area contributed by atoms with E-state index in [1.807, 2.05) is 13.8 Å². The van der Waals surface area contributed by atoms with Crippen LogP contribution in [0.3, 0.4) is 0 Å². The number of aryl methyl sites for hydroxylation is 2. The van der Waals surface area contributed by atoms with E-state index >= 15 is 0 Å². The molecule has 1 aliphatic heterocycles. The third-order valence-corrected chi connectivity index (χ3v) is 3.02. The molecule has 0 spiro atoms. The third kappa shape index (κ3) is 2.67. The number of nitrogens with zero attached hydrogens (tertiary/aromatic N) is 1. The molecule has 1 atom stereocenters. The maximum absolute atomic E-state index is 11.7. The Morgan fingerprint density at radius 3 is 2.69 bits per heavy atom. The molecule has 0 saturated carbocycles. The second-order valence-corrected chi connectivity index (χ2v) is 4.58. The maximum Gasteiger partial charge on any atom is 0.138 e. The van der Waals surface area contributed by atoms with Crippen molar-refractivity contribution in [2.45, 2.75) is 26.7 Å². The quantitative estimate of drug-likeness (QED) is 0.816. The van der Waals surface area contributed by atoms with Crippen LogP contribution in [0.5, 0.6) is 0 Å². The molecule has 0 radical (unpaired) electrons. The Morgan fingerprint density at radius 1 is 1.38 bits per heavy atom. The number of hydrogen-bond donors (Lipinski definition) is 1. The van der Waals surface area contributed by atoms with Crippen LogP contribution in [0, 0.1) is 19.8 Å². The number of hydrogen-bond acceptors (Lipinski definition) is 3. The monoisotopic (exact) mass is 218 g/mol. The van der Waals surface area contributed by atoms with E-state index in [0.29, 0.717) is 12.2 Å². The second-order valence-electron chi connectivity index (χ2n) is 4.58. The van der Waals surface area contributed by atoms with Gasteiger partial charge in [-0.25, -0.2) is 0 Å². The molecule has 0 amide bonds. The van der Waals surface area contributed by atoms with Crippen molar-refractivity contribution >= 4 is 5.78 Å². The molecular formula is C13H18N2O. The summed E-state index contributed by atoms with van der Waals surface area (Å²) in [6, 6.07) is 4.16. The number of piperidine rings is 1. The van der Waals surface area contributed by atoms with Crippen LogP contribution in [0.15, 0.2) is 12.1 Å².